The highest BCUT2D eigenvalue weighted by Crippen LogP contribution is 2.58. The van der Waals surface area contributed by atoms with Crippen LogP contribution in [0.3, 0.4) is 0 Å². The highest BCUT2D eigenvalue weighted by molar-refractivity contribution is 7.89. The molecular formula is C24H29ClNO7PS. The third-order valence-corrected chi connectivity index (χ3v) is 9.95. The molecule has 190 valence electrons. The Balaban J connectivity index is 2.01. The fraction of sp³-hybridized carbons (Fsp3) is 0.375. The number of allylic oxidation sites excluding steroid dienone is 1. The molecule has 3 rings (SSSR count). The van der Waals surface area contributed by atoms with Gasteiger partial charge in [0.05, 0.1) is 30.2 Å². The molecule has 1 unspecified atom stereocenters. The number of aryl methyl sites for hydroxylation is 1. The van der Waals surface area contributed by atoms with E-state index in [1.807, 2.05) is 6.92 Å². The summed E-state index contributed by atoms with van der Waals surface area (Å²) in [4.78, 5) is 13.0. The second-order valence-corrected chi connectivity index (χ2v) is 12.5. The minimum Gasteiger partial charge on any atom is -0.453 e. The number of sulfonamides is 1. The van der Waals surface area contributed by atoms with Gasteiger partial charge in [-0.25, -0.2) is 13.2 Å². The van der Waals surface area contributed by atoms with Gasteiger partial charge in [-0.1, -0.05) is 29.3 Å². The molecule has 1 saturated heterocycles. The lowest BCUT2D eigenvalue weighted by Crippen LogP contribution is -2.31. The SMILES string of the molecule is CCOP(=O)(OCC)/C(C)=C1/CN(S(=O)(=O)c2ccc(C)cc2)CC1OC(=O)c1ccc(Cl)cc1. The number of esters is 1. The highest BCUT2D eigenvalue weighted by Gasteiger charge is 2.42. The number of ether oxygens (including phenoxy) is 1. The molecule has 2 aromatic rings. The molecule has 1 heterocycles. The topological polar surface area (TPSA) is 99.2 Å². The maximum Gasteiger partial charge on any atom is 0.357 e. The first-order chi connectivity index (χ1) is 16.5. The van der Waals surface area contributed by atoms with Gasteiger partial charge in [-0.15, -0.1) is 0 Å². The molecule has 8 nitrogen and oxygen atoms in total. The Bertz CT molecular complexity index is 1230. The van der Waals surface area contributed by atoms with Crippen molar-refractivity contribution in [3.63, 3.8) is 0 Å². The number of halogens is 1. The molecule has 1 aliphatic heterocycles. The Morgan fingerprint density at radius 3 is 2.17 bits per heavy atom. The zero-order valence-electron chi connectivity index (χ0n) is 20.1. The Morgan fingerprint density at radius 2 is 1.63 bits per heavy atom. The average Bonchev–Trinajstić information content (AvgIpc) is 3.24. The fourth-order valence-corrected chi connectivity index (χ4v) is 6.93. The Morgan fingerprint density at radius 1 is 1.06 bits per heavy atom. The molecule has 0 radical (unpaired) electrons. The van der Waals surface area contributed by atoms with E-state index in [0.717, 1.165) is 5.56 Å². The van der Waals surface area contributed by atoms with Gasteiger partial charge in [0.1, 0.15) is 6.10 Å². The van der Waals surface area contributed by atoms with E-state index < -0.39 is 29.7 Å². The normalized spacial score (nSPS) is 18.5. The average molecular weight is 542 g/mol. The van der Waals surface area contributed by atoms with Crippen molar-refractivity contribution in [2.75, 3.05) is 26.3 Å². The van der Waals surface area contributed by atoms with E-state index in [4.69, 9.17) is 25.4 Å². The van der Waals surface area contributed by atoms with Crippen LogP contribution in [0.25, 0.3) is 0 Å². The third-order valence-electron chi connectivity index (χ3n) is 5.57. The van der Waals surface area contributed by atoms with Crippen molar-refractivity contribution in [3.05, 3.63) is 75.6 Å². The molecule has 0 bridgehead atoms. The quantitative estimate of drug-likeness (QED) is 0.309. The summed E-state index contributed by atoms with van der Waals surface area (Å²) in [5, 5.41) is 0.695. The van der Waals surface area contributed by atoms with E-state index >= 15 is 0 Å². The van der Waals surface area contributed by atoms with Crippen molar-refractivity contribution in [2.45, 2.75) is 38.7 Å². The summed E-state index contributed by atoms with van der Waals surface area (Å²) in [6.07, 6.45) is -0.979. The van der Waals surface area contributed by atoms with Crippen LogP contribution in [-0.4, -0.2) is 51.1 Å². The Labute approximate surface area is 211 Å². The van der Waals surface area contributed by atoms with Gasteiger partial charge in [-0.3, -0.25) is 4.57 Å². The van der Waals surface area contributed by atoms with Crippen LogP contribution in [-0.2, 0) is 28.4 Å². The fourth-order valence-electron chi connectivity index (χ4n) is 3.68. The number of rotatable bonds is 9. The lowest BCUT2D eigenvalue weighted by atomic mass is 10.2. The van der Waals surface area contributed by atoms with E-state index in [0.29, 0.717) is 10.6 Å². The Kier molecular flexibility index (Phi) is 8.96. The predicted molar refractivity (Wildman–Crippen MR) is 134 cm³/mol. The lowest BCUT2D eigenvalue weighted by molar-refractivity contribution is 0.0390. The summed E-state index contributed by atoms with van der Waals surface area (Å²) in [5.74, 6) is -0.658. The maximum atomic E-state index is 13.5. The van der Waals surface area contributed by atoms with Gasteiger partial charge < -0.3 is 13.8 Å². The smallest absolute Gasteiger partial charge is 0.357 e. The van der Waals surface area contributed by atoms with Crippen LogP contribution in [0.2, 0.25) is 5.02 Å². The van der Waals surface area contributed by atoms with Gasteiger partial charge in [0, 0.05) is 16.9 Å². The van der Waals surface area contributed by atoms with Crippen molar-refractivity contribution >= 4 is 35.2 Å². The maximum absolute atomic E-state index is 13.5. The van der Waals surface area contributed by atoms with E-state index in [1.54, 1.807) is 45.0 Å². The molecule has 0 aliphatic carbocycles. The molecule has 0 amide bonds. The number of benzene rings is 2. The molecule has 1 fully saturated rings. The van der Waals surface area contributed by atoms with Crippen LogP contribution in [0.1, 0.15) is 36.7 Å². The van der Waals surface area contributed by atoms with Gasteiger partial charge in [-0.2, -0.15) is 4.31 Å². The van der Waals surface area contributed by atoms with Crippen molar-refractivity contribution in [3.8, 4) is 0 Å². The minimum absolute atomic E-state index is 0.113. The van der Waals surface area contributed by atoms with E-state index in [2.05, 4.69) is 0 Å². The highest BCUT2D eigenvalue weighted by atomic mass is 35.5. The van der Waals surface area contributed by atoms with E-state index in [-0.39, 0.29) is 42.1 Å². The van der Waals surface area contributed by atoms with Gasteiger partial charge >= 0.3 is 13.6 Å². The second-order valence-electron chi connectivity index (χ2n) is 7.96. The monoisotopic (exact) mass is 541 g/mol. The van der Waals surface area contributed by atoms with Crippen LogP contribution in [0.15, 0.2) is 64.3 Å². The molecule has 2 aromatic carbocycles. The summed E-state index contributed by atoms with van der Waals surface area (Å²) >= 11 is 5.91. The lowest BCUT2D eigenvalue weighted by Gasteiger charge is -2.21. The van der Waals surface area contributed by atoms with Crippen molar-refractivity contribution in [1.82, 2.24) is 4.31 Å². The van der Waals surface area contributed by atoms with Gasteiger partial charge in [0.25, 0.3) is 0 Å². The first-order valence-electron chi connectivity index (χ1n) is 11.1. The van der Waals surface area contributed by atoms with Crippen LogP contribution in [0, 0.1) is 6.92 Å². The molecule has 11 heteroatoms. The van der Waals surface area contributed by atoms with Crippen LogP contribution in [0.5, 0.6) is 0 Å². The minimum atomic E-state index is -3.91. The van der Waals surface area contributed by atoms with Crippen LogP contribution < -0.4 is 0 Å². The molecule has 0 N–H and O–H groups in total. The first-order valence-corrected chi connectivity index (χ1v) is 14.5. The number of nitrogens with zero attached hydrogens (tertiary/aromatic N) is 1. The van der Waals surface area contributed by atoms with E-state index in [9.17, 15) is 17.8 Å². The number of carbonyl (C=O) groups is 1. The predicted octanol–water partition coefficient (Wildman–Crippen LogP) is 5.42. The molecule has 0 spiro atoms. The number of hydrogen-bond donors (Lipinski definition) is 0. The zero-order chi connectivity index (χ0) is 25.8. The molecule has 1 aliphatic rings. The molecule has 0 saturated carbocycles. The summed E-state index contributed by atoms with van der Waals surface area (Å²) in [5.41, 5.74) is 1.54. The molecule has 0 aromatic heterocycles. The van der Waals surface area contributed by atoms with Crippen molar-refractivity contribution in [2.24, 2.45) is 0 Å². The van der Waals surface area contributed by atoms with Crippen molar-refractivity contribution < 1.29 is 31.6 Å². The standard InChI is InChI=1S/C24H29ClNO7PS/c1-5-31-34(28,32-6-2)18(4)22-15-26(35(29,30)21-13-7-17(3)8-14-21)16-23(22)33-24(27)19-9-11-20(25)12-10-19/h7-14,23H,5-6,15-16H2,1-4H3/b22-18-. The third kappa shape index (κ3) is 6.23. The molecule has 1 atom stereocenters. The van der Waals surface area contributed by atoms with Crippen LogP contribution in [0.4, 0.5) is 0 Å². The Hall–Kier alpha value is -2.00. The summed E-state index contributed by atoms with van der Waals surface area (Å²) in [6.45, 7) is 6.79. The van der Waals surface area contributed by atoms with Crippen LogP contribution >= 0.6 is 19.2 Å². The molecule has 35 heavy (non-hydrogen) atoms. The summed E-state index contributed by atoms with van der Waals surface area (Å²) in [6, 6.07) is 12.6. The van der Waals surface area contributed by atoms with Gasteiger partial charge in [0.2, 0.25) is 10.0 Å². The van der Waals surface area contributed by atoms with Crippen molar-refractivity contribution in [1.29, 1.82) is 0 Å². The summed E-state index contributed by atoms with van der Waals surface area (Å²) < 4.78 is 58.1. The first kappa shape index (κ1) is 27.6. The number of carbonyl (C=O) groups excluding carboxylic acids is 1. The van der Waals surface area contributed by atoms with E-state index in [1.165, 1.54) is 28.6 Å². The largest absolute Gasteiger partial charge is 0.453 e. The van der Waals surface area contributed by atoms with Gasteiger partial charge in [-0.05, 0) is 69.7 Å². The molecular weight excluding hydrogens is 513 g/mol. The zero-order valence-corrected chi connectivity index (χ0v) is 22.5. The number of hydrogen-bond acceptors (Lipinski definition) is 7. The second kappa shape index (κ2) is 11.4. The van der Waals surface area contributed by atoms with Gasteiger partial charge in [0.15, 0.2) is 0 Å². The summed E-state index contributed by atoms with van der Waals surface area (Å²) in [7, 11) is -7.64.